The molecule has 2 heteroatoms. The summed E-state index contributed by atoms with van der Waals surface area (Å²) in [7, 11) is 0. The highest BCUT2D eigenvalue weighted by molar-refractivity contribution is 6.30. The number of rotatable bonds is 4. The Bertz CT molecular complexity index is 453. The zero-order chi connectivity index (χ0) is 15.0. The van der Waals surface area contributed by atoms with Crippen LogP contribution in [0.4, 0.5) is 0 Å². The average Bonchev–Trinajstić information content (AvgIpc) is 2.25. The molecule has 0 saturated heterocycles. The monoisotopic (exact) mass is 293 g/mol. The lowest BCUT2D eigenvalue weighted by Gasteiger charge is -2.51. The SMILES string of the molecule is CC(C)C1CC(CNC(C)(C)C)(c2cccc(Cl)c2)C1. The maximum Gasteiger partial charge on any atom is 0.0408 e. The molecule has 1 fully saturated rings. The molecule has 0 heterocycles. The summed E-state index contributed by atoms with van der Waals surface area (Å²) >= 11 is 6.20. The van der Waals surface area contributed by atoms with Crippen molar-refractivity contribution in [1.82, 2.24) is 5.32 Å². The van der Waals surface area contributed by atoms with Crippen LogP contribution in [-0.4, -0.2) is 12.1 Å². The van der Waals surface area contributed by atoms with E-state index in [1.807, 2.05) is 6.07 Å². The summed E-state index contributed by atoms with van der Waals surface area (Å²) in [6, 6.07) is 8.45. The molecule has 1 aliphatic carbocycles. The minimum absolute atomic E-state index is 0.161. The Morgan fingerprint density at radius 1 is 1.30 bits per heavy atom. The van der Waals surface area contributed by atoms with Gasteiger partial charge in [-0.3, -0.25) is 0 Å². The molecule has 1 aromatic rings. The Balaban J connectivity index is 2.18. The molecule has 0 unspecified atom stereocenters. The van der Waals surface area contributed by atoms with Crippen LogP contribution in [0.15, 0.2) is 24.3 Å². The van der Waals surface area contributed by atoms with Gasteiger partial charge in [-0.25, -0.2) is 0 Å². The molecule has 1 N–H and O–H groups in total. The lowest BCUT2D eigenvalue weighted by Crippen LogP contribution is -2.53. The van der Waals surface area contributed by atoms with Gasteiger partial charge in [-0.2, -0.15) is 0 Å². The predicted octanol–water partition coefficient (Wildman–Crippen LogP) is 5.03. The summed E-state index contributed by atoms with van der Waals surface area (Å²) < 4.78 is 0. The highest BCUT2D eigenvalue weighted by Crippen LogP contribution is 2.50. The van der Waals surface area contributed by atoms with Crippen LogP contribution in [-0.2, 0) is 5.41 Å². The van der Waals surface area contributed by atoms with E-state index in [4.69, 9.17) is 11.6 Å². The van der Waals surface area contributed by atoms with Crippen LogP contribution < -0.4 is 5.32 Å². The molecule has 0 spiro atoms. The molecule has 0 atom stereocenters. The molecule has 2 rings (SSSR count). The summed E-state index contributed by atoms with van der Waals surface area (Å²) in [5, 5.41) is 4.55. The maximum absolute atomic E-state index is 6.20. The van der Waals surface area contributed by atoms with Crippen LogP contribution in [0, 0.1) is 11.8 Å². The smallest absolute Gasteiger partial charge is 0.0408 e. The summed E-state index contributed by atoms with van der Waals surface area (Å²) in [5.74, 6) is 1.62. The van der Waals surface area contributed by atoms with Gasteiger partial charge in [-0.1, -0.05) is 37.6 Å². The molecule has 0 amide bonds. The van der Waals surface area contributed by atoms with Gasteiger partial charge in [0.05, 0.1) is 0 Å². The standard InChI is InChI=1S/C18H28ClN/c1-13(2)14-10-18(11-14,12-20-17(3,4)5)15-7-6-8-16(19)9-15/h6-9,13-14,20H,10-12H2,1-5H3. The quantitative estimate of drug-likeness (QED) is 0.821. The fourth-order valence-electron chi connectivity index (χ4n) is 3.15. The van der Waals surface area contributed by atoms with Crippen LogP contribution in [0.25, 0.3) is 0 Å². The zero-order valence-electron chi connectivity index (χ0n) is 13.5. The molecule has 0 radical (unpaired) electrons. The summed E-state index contributed by atoms with van der Waals surface area (Å²) in [4.78, 5) is 0. The molecular weight excluding hydrogens is 266 g/mol. The predicted molar refractivity (Wildman–Crippen MR) is 88.4 cm³/mol. The number of halogens is 1. The van der Waals surface area contributed by atoms with E-state index < -0.39 is 0 Å². The molecule has 1 saturated carbocycles. The van der Waals surface area contributed by atoms with Gasteiger partial charge in [0.1, 0.15) is 0 Å². The normalized spacial score (nSPS) is 26.6. The lowest BCUT2D eigenvalue weighted by atomic mass is 9.55. The van der Waals surface area contributed by atoms with Crippen molar-refractivity contribution in [3.8, 4) is 0 Å². The van der Waals surface area contributed by atoms with Crippen LogP contribution >= 0.6 is 11.6 Å². The second-order valence-electron chi connectivity index (χ2n) is 7.81. The molecule has 0 bridgehead atoms. The van der Waals surface area contributed by atoms with E-state index in [0.717, 1.165) is 23.4 Å². The first-order valence-electron chi connectivity index (χ1n) is 7.73. The van der Waals surface area contributed by atoms with Crippen molar-refractivity contribution in [2.24, 2.45) is 11.8 Å². The van der Waals surface area contributed by atoms with Crippen molar-refractivity contribution < 1.29 is 0 Å². The first-order chi connectivity index (χ1) is 9.22. The number of hydrogen-bond donors (Lipinski definition) is 1. The largest absolute Gasteiger partial charge is 0.311 e. The van der Waals surface area contributed by atoms with E-state index in [2.05, 4.69) is 58.1 Å². The van der Waals surface area contributed by atoms with E-state index in [1.165, 1.54) is 18.4 Å². The Hall–Kier alpha value is -0.530. The third-order valence-corrected chi connectivity index (χ3v) is 4.88. The average molecular weight is 294 g/mol. The van der Waals surface area contributed by atoms with E-state index in [0.29, 0.717) is 0 Å². The Kier molecular flexibility index (Phi) is 4.51. The summed E-state index contributed by atoms with van der Waals surface area (Å²) in [5.41, 5.74) is 1.83. The van der Waals surface area contributed by atoms with Crippen LogP contribution in [0.2, 0.25) is 5.02 Å². The van der Waals surface area contributed by atoms with Crippen molar-refractivity contribution in [3.63, 3.8) is 0 Å². The van der Waals surface area contributed by atoms with Gasteiger partial charge in [0.2, 0.25) is 0 Å². The maximum atomic E-state index is 6.20. The zero-order valence-corrected chi connectivity index (χ0v) is 14.2. The molecule has 1 aliphatic rings. The summed E-state index contributed by atoms with van der Waals surface area (Å²) in [6.07, 6.45) is 2.54. The Morgan fingerprint density at radius 2 is 1.95 bits per heavy atom. The van der Waals surface area contributed by atoms with Gasteiger partial charge in [0, 0.05) is 22.5 Å². The van der Waals surface area contributed by atoms with Gasteiger partial charge in [-0.15, -0.1) is 0 Å². The van der Waals surface area contributed by atoms with Crippen LogP contribution in [0.3, 0.4) is 0 Å². The molecule has 20 heavy (non-hydrogen) atoms. The molecule has 0 aromatic heterocycles. The topological polar surface area (TPSA) is 12.0 Å². The van der Waals surface area contributed by atoms with Crippen LogP contribution in [0.5, 0.6) is 0 Å². The Morgan fingerprint density at radius 3 is 2.45 bits per heavy atom. The molecule has 112 valence electrons. The number of hydrogen-bond acceptors (Lipinski definition) is 1. The fraction of sp³-hybridized carbons (Fsp3) is 0.667. The second kappa shape index (κ2) is 5.69. The molecular formula is C18H28ClN. The van der Waals surface area contributed by atoms with Gasteiger partial charge < -0.3 is 5.32 Å². The van der Waals surface area contributed by atoms with E-state index in [-0.39, 0.29) is 11.0 Å². The lowest BCUT2D eigenvalue weighted by molar-refractivity contribution is 0.0912. The highest BCUT2D eigenvalue weighted by atomic mass is 35.5. The van der Waals surface area contributed by atoms with E-state index >= 15 is 0 Å². The number of nitrogens with one attached hydrogen (secondary N) is 1. The van der Waals surface area contributed by atoms with Crippen molar-refractivity contribution >= 4 is 11.6 Å². The minimum atomic E-state index is 0.161. The van der Waals surface area contributed by atoms with Crippen molar-refractivity contribution in [3.05, 3.63) is 34.9 Å². The van der Waals surface area contributed by atoms with Crippen molar-refractivity contribution in [1.29, 1.82) is 0 Å². The fourth-order valence-corrected chi connectivity index (χ4v) is 3.34. The number of benzene rings is 1. The van der Waals surface area contributed by atoms with E-state index in [1.54, 1.807) is 0 Å². The van der Waals surface area contributed by atoms with Gasteiger partial charge in [0.15, 0.2) is 0 Å². The van der Waals surface area contributed by atoms with Crippen molar-refractivity contribution in [2.45, 2.75) is 58.4 Å². The first kappa shape index (κ1) is 15.9. The van der Waals surface area contributed by atoms with Gasteiger partial charge in [-0.05, 0) is 63.1 Å². The molecule has 1 nitrogen and oxygen atoms in total. The Labute approximate surface area is 129 Å². The summed E-state index contributed by atoms with van der Waals surface area (Å²) in [6.45, 7) is 12.4. The highest BCUT2D eigenvalue weighted by Gasteiger charge is 2.46. The third kappa shape index (κ3) is 3.56. The van der Waals surface area contributed by atoms with E-state index in [9.17, 15) is 0 Å². The minimum Gasteiger partial charge on any atom is -0.311 e. The second-order valence-corrected chi connectivity index (χ2v) is 8.24. The first-order valence-corrected chi connectivity index (χ1v) is 8.11. The van der Waals surface area contributed by atoms with Crippen molar-refractivity contribution in [2.75, 3.05) is 6.54 Å². The van der Waals surface area contributed by atoms with Gasteiger partial charge in [0.25, 0.3) is 0 Å². The molecule has 1 aromatic carbocycles. The third-order valence-electron chi connectivity index (χ3n) is 4.64. The van der Waals surface area contributed by atoms with Crippen LogP contribution in [0.1, 0.15) is 53.0 Å². The molecule has 0 aliphatic heterocycles. The van der Waals surface area contributed by atoms with Gasteiger partial charge >= 0.3 is 0 Å².